The fourth-order valence-electron chi connectivity index (χ4n) is 4.43. The van der Waals surface area contributed by atoms with Crippen LogP contribution in [-0.4, -0.2) is 38.2 Å². The minimum absolute atomic E-state index is 0.197. The number of piperidine rings is 1. The highest BCUT2D eigenvalue weighted by atomic mass is 16.3. The molecule has 0 amide bonds. The molecule has 0 unspecified atom stereocenters. The van der Waals surface area contributed by atoms with Crippen molar-refractivity contribution in [2.24, 2.45) is 0 Å². The number of aryl methyl sites for hydroxylation is 2. The third kappa shape index (κ3) is 3.37. The van der Waals surface area contributed by atoms with Crippen LogP contribution in [0.1, 0.15) is 54.8 Å². The molecule has 0 saturated carbocycles. The van der Waals surface area contributed by atoms with Gasteiger partial charge >= 0.3 is 0 Å². The average Bonchev–Trinajstić information content (AvgIpc) is 3.05. The molecule has 5 heteroatoms. The van der Waals surface area contributed by atoms with Crippen molar-refractivity contribution in [1.29, 1.82) is 0 Å². The van der Waals surface area contributed by atoms with E-state index in [2.05, 4.69) is 47.7 Å². The van der Waals surface area contributed by atoms with E-state index in [1.165, 1.54) is 17.7 Å². The molecule has 0 aliphatic carbocycles. The number of rotatable bonds is 5. The van der Waals surface area contributed by atoms with Crippen LogP contribution in [0.3, 0.4) is 0 Å². The van der Waals surface area contributed by atoms with E-state index in [0.717, 1.165) is 42.7 Å². The molecular formula is C22H28N4O. The molecule has 4 rings (SSSR count). The van der Waals surface area contributed by atoms with Gasteiger partial charge in [0.2, 0.25) is 0 Å². The minimum atomic E-state index is 0.197. The Morgan fingerprint density at radius 1 is 1.11 bits per heavy atom. The molecule has 3 aromatic rings. The van der Waals surface area contributed by atoms with Gasteiger partial charge in [-0.3, -0.25) is 9.88 Å². The van der Waals surface area contributed by atoms with Crippen LogP contribution >= 0.6 is 0 Å². The van der Waals surface area contributed by atoms with Crippen molar-refractivity contribution in [3.05, 3.63) is 59.7 Å². The number of pyridine rings is 1. The highest BCUT2D eigenvalue weighted by Crippen LogP contribution is 2.40. The smallest absolute Gasteiger partial charge is 0.127 e. The van der Waals surface area contributed by atoms with Gasteiger partial charge < -0.3 is 9.67 Å². The van der Waals surface area contributed by atoms with E-state index in [1.807, 2.05) is 18.3 Å². The molecule has 3 heterocycles. The third-order valence-electron chi connectivity index (χ3n) is 5.83. The van der Waals surface area contributed by atoms with Gasteiger partial charge in [-0.05, 0) is 63.4 Å². The summed E-state index contributed by atoms with van der Waals surface area (Å²) in [6.07, 6.45) is 6.03. The molecule has 142 valence electrons. The summed E-state index contributed by atoms with van der Waals surface area (Å²) >= 11 is 0. The number of hydrogen-bond donors (Lipinski definition) is 1. The third-order valence-corrected chi connectivity index (χ3v) is 5.83. The van der Waals surface area contributed by atoms with Crippen molar-refractivity contribution in [2.75, 3.05) is 13.7 Å². The first-order valence-electron chi connectivity index (χ1n) is 9.90. The maximum Gasteiger partial charge on any atom is 0.127 e. The number of aliphatic hydroxyl groups excluding tert-OH is 1. The van der Waals surface area contributed by atoms with Crippen molar-refractivity contribution in [1.82, 2.24) is 19.4 Å². The Balaban J connectivity index is 1.73. The van der Waals surface area contributed by atoms with Crippen LogP contribution in [0.15, 0.2) is 42.6 Å². The van der Waals surface area contributed by atoms with E-state index in [9.17, 15) is 5.11 Å². The zero-order valence-electron chi connectivity index (χ0n) is 16.2. The molecule has 1 saturated heterocycles. The predicted octanol–water partition coefficient (Wildman–Crippen LogP) is 4.02. The molecule has 1 N–H and O–H groups in total. The molecule has 1 fully saturated rings. The predicted molar refractivity (Wildman–Crippen MR) is 108 cm³/mol. The van der Waals surface area contributed by atoms with E-state index < -0.39 is 0 Å². The molecule has 2 atom stereocenters. The quantitative estimate of drug-likeness (QED) is 0.743. The molecule has 5 nitrogen and oxygen atoms in total. The van der Waals surface area contributed by atoms with Gasteiger partial charge in [0.15, 0.2) is 0 Å². The summed E-state index contributed by atoms with van der Waals surface area (Å²) in [5, 5.41) is 9.36. The lowest BCUT2D eigenvalue weighted by atomic mass is 9.92. The maximum absolute atomic E-state index is 9.36. The number of aromatic nitrogens is 3. The lowest BCUT2D eigenvalue weighted by Gasteiger charge is -2.39. The minimum Gasteiger partial charge on any atom is -0.396 e. The van der Waals surface area contributed by atoms with Gasteiger partial charge in [-0.25, -0.2) is 4.98 Å². The first-order valence-corrected chi connectivity index (χ1v) is 9.90. The van der Waals surface area contributed by atoms with Crippen molar-refractivity contribution in [3.8, 4) is 0 Å². The Labute approximate surface area is 160 Å². The molecule has 2 aromatic heterocycles. The Hall–Kier alpha value is -2.24. The van der Waals surface area contributed by atoms with Gasteiger partial charge in [0.1, 0.15) is 5.82 Å². The lowest BCUT2D eigenvalue weighted by molar-refractivity contribution is 0.103. The highest BCUT2D eigenvalue weighted by Gasteiger charge is 2.34. The standard InChI is InChI=1S/C22H28N4O/c1-16-8-6-13-23-21(16)19-11-5-12-20(25(19)2)22-24-17-9-3-4-10-18(17)26(22)14-7-15-27/h3-4,6,8-10,13,19-20,27H,5,7,11-12,14-15H2,1-2H3/t19-,20+/m0/s1. The molecule has 0 spiro atoms. The number of aliphatic hydroxyl groups is 1. The summed E-state index contributed by atoms with van der Waals surface area (Å²) < 4.78 is 2.31. The van der Waals surface area contributed by atoms with Gasteiger partial charge in [-0.1, -0.05) is 18.2 Å². The van der Waals surface area contributed by atoms with Crippen molar-refractivity contribution >= 4 is 11.0 Å². The lowest BCUT2D eigenvalue weighted by Crippen LogP contribution is -2.35. The van der Waals surface area contributed by atoms with Crippen molar-refractivity contribution in [2.45, 2.75) is 51.2 Å². The second kappa shape index (κ2) is 7.79. The van der Waals surface area contributed by atoms with Crippen LogP contribution in [0.25, 0.3) is 11.0 Å². The van der Waals surface area contributed by atoms with Crippen LogP contribution in [0.5, 0.6) is 0 Å². The normalized spacial score (nSPS) is 21.0. The first-order chi connectivity index (χ1) is 13.2. The Morgan fingerprint density at radius 2 is 1.93 bits per heavy atom. The zero-order valence-corrected chi connectivity index (χ0v) is 16.2. The van der Waals surface area contributed by atoms with Gasteiger partial charge in [0.25, 0.3) is 0 Å². The molecule has 27 heavy (non-hydrogen) atoms. The molecule has 0 bridgehead atoms. The summed E-state index contributed by atoms with van der Waals surface area (Å²) in [5.74, 6) is 1.12. The number of benzene rings is 1. The Morgan fingerprint density at radius 3 is 2.74 bits per heavy atom. The fourth-order valence-corrected chi connectivity index (χ4v) is 4.43. The van der Waals surface area contributed by atoms with Gasteiger partial charge in [0, 0.05) is 19.3 Å². The van der Waals surface area contributed by atoms with Gasteiger partial charge in [0.05, 0.1) is 28.8 Å². The van der Waals surface area contributed by atoms with E-state index >= 15 is 0 Å². The SMILES string of the molecule is Cc1cccnc1[C@@H]1CCC[C@H](c2nc3ccccc3n2CCCO)N1C. The summed E-state index contributed by atoms with van der Waals surface area (Å²) in [6.45, 7) is 3.14. The van der Waals surface area contributed by atoms with E-state index in [4.69, 9.17) is 9.97 Å². The molecule has 1 aliphatic heterocycles. The summed E-state index contributed by atoms with van der Waals surface area (Å²) in [4.78, 5) is 12.2. The van der Waals surface area contributed by atoms with Crippen LogP contribution in [0.4, 0.5) is 0 Å². The number of imidazole rings is 1. The summed E-state index contributed by atoms with van der Waals surface area (Å²) in [5.41, 5.74) is 4.63. The molecule has 1 aliphatic rings. The number of likely N-dealkylation sites (tertiary alicyclic amines) is 1. The van der Waals surface area contributed by atoms with E-state index in [-0.39, 0.29) is 12.6 Å². The van der Waals surface area contributed by atoms with Gasteiger partial charge in [-0.15, -0.1) is 0 Å². The van der Waals surface area contributed by atoms with Crippen LogP contribution < -0.4 is 0 Å². The van der Waals surface area contributed by atoms with E-state index in [1.54, 1.807) is 0 Å². The molecule has 1 aromatic carbocycles. The van der Waals surface area contributed by atoms with Crippen LogP contribution in [0.2, 0.25) is 0 Å². The van der Waals surface area contributed by atoms with Crippen LogP contribution in [0, 0.1) is 6.92 Å². The fraction of sp³-hybridized carbons (Fsp3) is 0.455. The monoisotopic (exact) mass is 364 g/mol. The largest absolute Gasteiger partial charge is 0.396 e. The Kier molecular flexibility index (Phi) is 5.23. The number of para-hydroxylation sites is 2. The van der Waals surface area contributed by atoms with Crippen molar-refractivity contribution in [3.63, 3.8) is 0 Å². The summed E-state index contributed by atoms with van der Waals surface area (Å²) in [6, 6.07) is 13.1. The summed E-state index contributed by atoms with van der Waals surface area (Å²) in [7, 11) is 2.21. The second-order valence-corrected chi connectivity index (χ2v) is 7.52. The number of nitrogens with zero attached hydrogens (tertiary/aromatic N) is 4. The first kappa shape index (κ1) is 18.1. The number of hydrogen-bond acceptors (Lipinski definition) is 4. The van der Waals surface area contributed by atoms with Gasteiger partial charge in [-0.2, -0.15) is 0 Å². The average molecular weight is 364 g/mol. The van der Waals surface area contributed by atoms with E-state index in [0.29, 0.717) is 6.04 Å². The van der Waals surface area contributed by atoms with Crippen LogP contribution in [-0.2, 0) is 6.54 Å². The second-order valence-electron chi connectivity index (χ2n) is 7.52. The molecule has 0 radical (unpaired) electrons. The van der Waals surface area contributed by atoms with Crippen molar-refractivity contribution < 1.29 is 5.11 Å². The molecular weight excluding hydrogens is 336 g/mol. The Bertz CT molecular complexity index is 920. The highest BCUT2D eigenvalue weighted by molar-refractivity contribution is 5.76. The topological polar surface area (TPSA) is 54.2 Å². The number of fused-ring (bicyclic) bond motifs is 1. The maximum atomic E-state index is 9.36. The zero-order chi connectivity index (χ0) is 18.8.